The first-order valence-corrected chi connectivity index (χ1v) is 10.3. The summed E-state index contributed by atoms with van der Waals surface area (Å²) in [7, 11) is 1.76. The number of benzene rings is 1. The number of rotatable bonds is 9. The number of thioether (sulfide) groups is 1. The summed E-state index contributed by atoms with van der Waals surface area (Å²) in [6.45, 7) is 7.94. The van der Waals surface area contributed by atoms with E-state index >= 15 is 0 Å². The molecule has 7 heteroatoms. The Labute approximate surface area is 160 Å². The van der Waals surface area contributed by atoms with Gasteiger partial charge in [-0.2, -0.15) is 0 Å². The molecule has 0 radical (unpaired) electrons. The van der Waals surface area contributed by atoms with Gasteiger partial charge < -0.3 is 9.80 Å². The molecule has 1 saturated heterocycles. The third-order valence-electron chi connectivity index (χ3n) is 4.65. The van der Waals surface area contributed by atoms with Gasteiger partial charge in [0.05, 0.1) is 9.82 Å². The molecule has 0 spiro atoms. The molecule has 6 nitrogen and oxygen atoms in total. The fraction of sp³-hybridized carbons (Fsp3) is 0.632. The Hall–Kier alpha value is -1.60. The topological polar surface area (TPSA) is 66.7 Å². The Morgan fingerprint density at radius 3 is 2.65 bits per heavy atom. The zero-order valence-corrected chi connectivity index (χ0v) is 16.8. The zero-order chi connectivity index (χ0) is 19.1. The lowest BCUT2D eigenvalue weighted by Gasteiger charge is -2.21. The van der Waals surface area contributed by atoms with Gasteiger partial charge in [0.15, 0.2) is 0 Å². The summed E-state index contributed by atoms with van der Waals surface area (Å²) in [4.78, 5) is 28.3. The Balaban J connectivity index is 2.01. The molecule has 1 aliphatic rings. The van der Waals surface area contributed by atoms with Crippen LogP contribution in [0.25, 0.3) is 0 Å². The minimum atomic E-state index is -0.390. The third kappa shape index (κ3) is 5.99. The van der Waals surface area contributed by atoms with E-state index in [2.05, 4.69) is 18.7 Å². The van der Waals surface area contributed by atoms with Crippen LogP contribution in [0.2, 0.25) is 0 Å². The van der Waals surface area contributed by atoms with E-state index in [1.807, 2.05) is 0 Å². The van der Waals surface area contributed by atoms with Crippen LogP contribution in [0.5, 0.6) is 0 Å². The van der Waals surface area contributed by atoms with Crippen LogP contribution in [0, 0.1) is 16.0 Å². The van der Waals surface area contributed by atoms with Gasteiger partial charge in [0, 0.05) is 31.8 Å². The number of nitro benzene ring substituents is 1. The van der Waals surface area contributed by atoms with E-state index in [-0.39, 0.29) is 11.6 Å². The first-order valence-electron chi connectivity index (χ1n) is 9.27. The van der Waals surface area contributed by atoms with E-state index in [0.29, 0.717) is 22.9 Å². The quantitative estimate of drug-likeness (QED) is 0.370. The van der Waals surface area contributed by atoms with Gasteiger partial charge in [-0.15, -0.1) is 11.8 Å². The summed E-state index contributed by atoms with van der Waals surface area (Å²) >= 11 is 1.49. The molecule has 0 atom stereocenters. The van der Waals surface area contributed by atoms with Gasteiger partial charge in [0.2, 0.25) is 0 Å². The van der Waals surface area contributed by atoms with Crippen molar-refractivity contribution < 1.29 is 9.72 Å². The number of likely N-dealkylation sites (N-methyl/N-ethyl adjacent to an activating group) is 1. The number of nitrogens with zero attached hydrogens (tertiary/aromatic N) is 3. The molecule has 0 aliphatic carbocycles. The number of hydrogen-bond donors (Lipinski definition) is 0. The Morgan fingerprint density at radius 1 is 1.35 bits per heavy atom. The second-order valence-corrected chi connectivity index (χ2v) is 8.38. The second kappa shape index (κ2) is 9.92. The first kappa shape index (κ1) is 20.7. The van der Waals surface area contributed by atoms with Crippen LogP contribution in [0.4, 0.5) is 5.69 Å². The lowest BCUT2D eigenvalue weighted by Crippen LogP contribution is -2.35. The van der Waals surface area contributed by atoms with Crippen molar-refractivity contribution in [1.82, 2.24) is 9.80 Å². The predicted octanol–water partition coefficient (Wildman–Crippen LogP) is 3.90. The van der Waals surface area contributed by atoms with Crippen molar-refractivity contribution in [1.29, 1.82) is 0 Å². The molecule has 0 bridgehead atoms. The standard InChI is InChI=1S/C19H29N3O3S/c1-15(2)8-13-26-18-7-6-16(14-17(18)22(24)25)19(23)20(3)11-12-21-9-4-5-10-21/h6-7,14-15H,4-5,8-13H2,1-3H3. The van der Waals surface area contributed by atoms with Crippen molar-refractivity contribution in [3.05, 3.63) is 33.9 Å². The van der Waals surface area contributed by atoms with Crippen molar-refractivity contribution in [2.75, 3.05) is 39.0 Å². The number of amides is 1. The molecule has 26 heavy (non-hydrogen) atoms. The van der Waals surface area contributed by atoms with E-state index in [1.54, 1.807) is 24.1 Å². The zero-order valence-electron chi connectivity index (χ0n) is 15.9. The van der Waals surface area contributed by atoms with Gasteiger partial charge in [-0.1, -0.05) is 13.8 Å². The van der Waals surface area contributed by atoms with E-state index in [4.69, 9.17) is 0 Å². The molecule has 1 aromatic rings. The molecule has 0 saturated carbocycles. The molecule has 0 unspecified atom stereocenters. The maximum absolute atomic E-state index is 12.6. The average molecular weight is 380 g/mol. The highest BCUT2D eigenvalue weighted by Crippen LogP contribution is 2.31. The van der Waals surface area contributed by atoms with Gasteiger partial charge in [0.25, 0.3) is 11.6 Å². The smallest absolute Gasteiger partial charge is 0.283 e. The SMILES string of the molecule is CC(C)CCSc1ccc(C(=O)N(C)CCN2CCCC2)cc1[N+](=O)[O-]. The summed E-state index contributed by atoms with van der Waals surface area (Å²) in [5, 5.41) is 11.4. The molecular formula is C19H29N3O3S. The Morgan fingerprint density at radius 2 is 2.04 bits per heavy atom. The molecule has 1 heterocycles. The van der Waals surface area contributed by atoms with Gasteiger partial charge in [0.1, 0.15) is 0 Å². The number of carbonyl (C=O) groups is 1. The minimum Gasteiger partial charge on any atom is -0.340 e. The van der Waals surface area contributed by atoms with Gasteiger partial charge in [-0.25, -0.2) is 0 Å². The van der Waals surface area contributed by atoms with E-state index in [0.717, 1.165) is 31.8 Å². The normalized spacial score (nSPS) is 14.8. The third-order valence-corrected chi connectivity index (χ3v) is 5.75. The van der Waals surface area contributed by atoms with Crippen LogP contribution in [-0.2, 0) is 0 Å². The van der Waals surface area contributed by atoms with Gasteiger partial charge >= 0.3 is 0 Å². The molecular weight excluding hydrogens is 350 g/mol. The maximum Gasteiger partial charge on any atom is 0.283 e. The predicted molar refractivity (Wildman–Crippen MR) is 106 cm³/mol. The molecule has 1 amide bonds. The first-order chi connectivity index (χ1) is 12.4. The largest absolute Gasteiger partial charge is 0.340 e. The summed E-state index contributed by atoms with van der Waals surface area (Å²) in [6.07, 6.45) is 3.45. The fourth-order valence-corrected chi connectivity index (χ4v) is 4.19. The summed E-state index contributed by atoms with van der Waals surface area (Å²) in [6, 6.07) is 4.84. The van der Waals surface area contributed by atoms with Crippen LogP contribution in [0.1, 0.15) is 43.5 Å². The highest BCUT2D eigenvalue weighted by atomic mass is 32.2. The lowest BCUT2D eigenvalue weighted by atomic mass is 10.1. The van der Waals surface area contributed by atoms with Crippen molar-refractivity contribution in [2.45, 2.75) is 38.0 Å². The van der Waals surface area contributed by atoms with Crippen LogP contribution < -0.4 is 0 Å². The van der Waals surface area contributed by atoms with Crippen LogP contribution >= 0.6 is 11.8 Å². The van der Waals surface area contributed by atoms with Crippen molar-refractivity contribution in [3.63, 3.8) is 0 Å². The van der Waals surface area contributed by atoms with Gasteiger partial charge in [-0.3, -0.25) is 14.9 Å². The minimum absolute atomic E-state index is 0.0255. The monoisotopic (exact) mass is 379 g/mol. The lowest BCUT2D eigenvalue weighted by molar-refractivity contribution is -0.387. The van der Waals surface area contributed by atoms with Crippen LogP contribution in [0.15, 0.2) is 23.1 Å². The fourth-order valence-electron chi connectivity index (χ4n) is 2.94. The second-order valence-electron chi connectivity index (χ2n) is 7.25. The maximum atomic E-state index is 12.6. The summed E-state index contributed by atoms with van der Waals surface area (Å²) < 4.78 is 0. The molecule has 2 rings (SSSR count). The van der Waals surface area contributed by atoms with E-state index in [9.17, 15) is 14.9 Å². The van der Waals surface area contributed by atoms with E-state index < -0.39 is 4.92 Å². The van der Waals surface area contributed by atoms with Gasteiger partial charge in [-0.05, 0) is 56.2 Å². The molecule has 0 N–H and O–H groups in total. The van der Waals surface area contributed by atoms with Crippen molar-refractivity contribution in [3.8, 4) is 0 Å². The number of carbonyl (C=O) groups excluding carboxylic acids is 1. The summed E-state index contributed by atoms with van der Waals surface area (Å²) in [5.41, 5.74) is 0.409. The highest BCUT2D eigenvalue weighted by Gasteiger charge is 2.20. The average Bonchev–Trinajstić information content (AvgIpc) is 3.12. The summed E-state index contributed by atoms with van der Waals surface area (Å²) in [5.74, 6) is 1.24. The molecule has 1 aromatic carbocycles. The van der Waals surface area contributed by atoms with Crippen molar-refractivity contribution in [2.24, 2.45) is 5.92 Å². The number of likely N-dealkylation sites (tertiary alicyclic amines) is 1. The molecule has 144 valence electrons. The molecule has 1 fully saturated rings. The van der Waals surface area contributed by atoms with Crippen molar-refractivity contribution >= 4 is 23.4 Å². The Bertz CT molecular complexity index is 630. The number of hydrogen-bond acceptors (Lipinski definition) is 5. The van der Waals surface area contributed by atoms with Crippen LogP contribution in [0.3, 0.4) is 0 Å². The highest BCUT2D eigenvalue weighted by molar-refractivity contribution is 7.99. The van der Waals surface area contributed by atoms with Crippen LogP contribution in [-0.4, -0.2) is 59.6 Å². The molecule has 1 aliphatic heterocycles. The Kier molecular flexibility index (Phi) is 7.90. The van der Waals surface area contributed by atoms with E-state index in [1.165, 1.54) is 30.7 Å². The number of nitro groups is 1. The molecule has 0 aromatic heterocycles.